The number of nitrogens with one attached hydrogen (secondary N) is 2. The van der Waals surface area contributed by atoms with Gasteiger partial charge < -0.3 is 11.1 Å². The van der Waals surface area contributed by atoms with Crippen molar-refractivity contribution in [3.05, 3.63) is 0 Å². The highest BCUT2D eigenvalue weighted by Gasteiger charge is 2.21. The molecule has 1 heterocycles. The van der Waals surface area contributed by atoms with Crippen LogP contribution >= 0.6 is 11.8 Å². The highest BCUT2D eigenvalue weighted by Crippen LogP contribution is 2.09. The summed E-state index contributed by atoms with van der Waals surface area (Å²) in [4.78, 5) is 11.5. The third-order valence-corrected chi connectivity index (χ3v) is 3.15. The quantitative estimate of drug-likeness (QED) is 0.543. The molecule has 1 aliphatic rings. The second-order valence-electron chi connectivity index (χ2n) is 3.41. The SMILES string of the molecule is NCCCCCNC(=O)C1CSCN1. The maximum atomic E-state index is 11.5. The Balaban J connectivity index is 1.97. The summed E-state index contributed by atoms with van der Waals surface area (Å²) in [6.45, 7) is 1.52. The van der Waals surface area contributed by atoms with Gasteiger partial charge in [0.05, 0.1) is 6.04 Å². The molecule has 1 saturated heterocycles. The largest absolute Gasteiger partial charge is 0.355 e. The minimum absolute atomic E-state index is 0.0227. The van der Waals surface area contributed by atoms with E-state index in [1.54, 1.807) is 11.8 Å². The van der Waals surface area contributed by atoms with Crippen molar-refractivity contribution >= 4 is 17.7 Å². The second-order valence-corrected chi connectivity index (χ2v) is 4.44. The number of thioether (sulfide) groups is 1. The van der Waals surface area contributed by atoms with Gasteiger partial charge in [0.2, 0.25) is 5.91 Å². The predicted octanol–water partition coefficient (Wildman–Crippen LogP) is -0.106. The van der Waals surface area contributed by atoms with Crippen LogP contribution in [0.4, 0.5) is 0 Å². The topological polar surface area (TPSA) is 67.1 Å². The fourth-order valence-electron chi connectivity index (χ4n) is 1.34. The standard InChI is InChI=1S/C9H19N3OS/c10-4-2-1-3-5-11-9(13)8-6-14-7-12-8/h8,12H,1-7,10H2,(H,11,13). The van der Waals surface area contributed by atoms with Crippen molar-refractivity contribution in [2.45, 2.75) is 25.3 Å². The van der Waals surface area contributed by atoms with E-state index in [0.717, 1.165) is 44.0 Å². The van der Waals surface area contributed by atoms with E-state index in [0.29, 0.717) is 0 Å². The Labute approximate surface area is 89.4 Å². The second kappa shape index (κ2) is 7.09. The average molecular weight is 217 g/mol. The first kappa shape index (κ1) is 11.8. The maximum Gasteiger partial charge on any atom is 0.238 e. The van der Waals surface area contributed by atoms with Crippen molar-refractivity contribution in [3.63, 3.8) is 0 Å². The first-order valence-corrected chi connectivity index (χ1v) is 6.29. The van der Waals surface area contributed by atoms with Crippen LogP contribution in [-0.2, 0) is 4.79 Å². The number of carbonyl (C=O) groups is 1. The predicted molar refractivity (Wildman–Crippen MR) is 60.2 cm³/mol. The van der Waals surface area contributed by atoms with Gasteiger partial charge in [0.25, 0.3) is 0 Å². The van der Waals surface area contributed by atoms with Crippen molar-refractivity contribution in [2.24, 2.45) is 5.73 Å². The van der Waals surface area contributed by atoms with Gasteiger partial charge in [0.1, 0.15) is 0 Å². The van der Waals surface area contributed by atoms with Crippen LogP contribution in [0.2, 0.25) is 0 Å². The molecule has 5 heteroatoms. The molecular formula is C9H19N3OS. The van der Waals surface area contributed by atoms with Crippen molar-refractivity contribution in [1.82, 2.24) is 10.6 Å². The summed E-state index contributed by atoms with van der Waals surface area (Å²) in [6, 6.07) is 0.0227. The molecule has 14 heavy (non-hydrogen) atoms. The zero-order chi connectivity index (χ0) is 10.2. The van der Waals surface area contributed by atoms with Gasteiger partial charge in [-0.15, -0.1) is 11.8 Å². The molecular weight excluding hydrogens is 198 g/mol. The molecule has 0 aliphatic carbocycles. The fourth-order valence-corrected chi connectivity index (χ4v) is 2.29. The third kappa shape index (κ3) is 4.30. The van der Waals surface area contributed by atoms with Crippen LogP contribution in [0.5, 0.6) is 0 Å². The number of amides is 1. The van der Waals surface area contributed by atoms with Crippen LogP contribution in [-0.4, -0.2) is 36.7 Å². The van der Waals surface area contributed by atoms with Crippen molar-refractivity contribution < 1.29 is 4.79 Å². The number of hydrogen-bond acceptors (Lipinski definition) is 4. The molecule has 1 fully saturated rings. The van der Waals surface area contributed by atoms with E-state index in [-0.39, 0.29) is 11.9 Å². The van der Waals surface area contributed by atoms with E-state index in [4.69, 9.17) is 5.73 Å². The lowest BCUT2D eigenvalue weighted by molar-refractivity contribution is -0.122. The molecule has 1 amide bonds. The van der Waals surface area contributed by atoms with Crippen LogP contribution in [0.25, 0.3) is 0 Å². The molecule has 0 saturated carbocycles. The van der Waals surface area contributed by atoms with Crippen molar-refractivity contribution in [1.29, 1.82) is 0 Å². The molecule has 0 radical (unpaired) electrons. The molecule has 1 rings (SSSR count). The number of unbranched alkanes of at least 4 members (excludes halogenated alkanes) is 2. The van der Waals surface area contributed by atoms with Crippen molar-refractivity contribution in [2.75, 3.05) is 24.7 Å². The molecule has 0 aromatic rings. The van der Waals surface area contributed by atoms with Crippen molar-refractivity contribution in [3.8, 4) is 0 Å². The van der Waals surface area contributed by atoms with Gasteiger partial charge in [-0.1, -0.05) is 6.42 Å². The molecule has 0 bridgehead atoms. The Morgan fingerprint density at radius 2 is 2.36 bits per heavy atom. The van der Waals surface area contributed by atoms with Gasteiger partial charge in [0.15, 0.2) is 0 Å². The van der Waals surface area contributed by atoms with Gasteiger partial charge in [-0.05, 0) is 19.4 Å². The molecule has 0 spiro atoms. The maximum absolute atomic E-state index is 11.5. The summed E-state index contributed by atoms with van der Waals surface area (Å²) in [5.41, 5.74) is 5.37. The number of nitrogens with two attached hydrogens (primary N) is 1. The number of carbonyl (C=O) groups excluding carboxylic acids is 1. The summed E-state index contributed by atoms with van der Waals surface area (Å²) in [5, 5.41) is 6.07. The van der Waals surface area contributed by atoms with Gasteiger partial charge >= 0.3 is 0 Å². The lowest BCUT2D eigenvalue weighted by atomic mass is 10.2. The summed E-state index contributed by atoms with van der Waals surface area (Å²) in [6.07, 6.45) is 3.18. The highest BCUT2D eigenvalue weighted by molar-refractivity contribution is 7.99. The van der Waals surface area contributed by atoms with Gasteiger partial charge in [-0.25, -0.2) is 0 Å². The number of hydrogen-bond donors (Lipinski definition) is 3. The van der Waals surface area contributed by atoms with Gasteiger partial charge in [-0.3, -0.25) is 10.1 Å². The van der Waals surface area contributed by atoms with Crippen LogP contribution in [0.15, 0.2) is 0 Å². The summed E-state index contributed by atoms with van der Waals surface area (Å²) < 4.78 is 0. The van der Waals surface area contributed by atoms with E-state index >= 15 is 0 Å². The Morgan fingerprint density at radius 1 is 1.50 bits per heavy atom. The minimum atomic E-state index is 0.0227. The number of rotatable bonds is 6. The molecule has 82 valence electrons. The van der Waals surface area contributed by atoms with Crippen LogP contribution in [0, 0.1) is 0 Å². The van der Waals surface area contributed by atoms with E-state index in [1.165, 1.54) is 0 Å². The third-order valence-electron chi connectivity index (χ3n) is 2.21. The normalized spacial score (nSPS) is 21.1. The lowest BCUT2D eigenvalue weighted by Gasteiger charge is -2.09. The monoisotopic (exact) mass is 217 g/mol. The van der Waals surface area contributed by atoms with E-state index in [1.807, 2.05) is 0 Å². The van der Waals surface area contributed by atoms with Gasteiger partial charge in [0, 0.05) is 18.2 Å². The Kier molecular flexibility index (Phi) is 5.98. The molecule has 4 nitrogen and oxygen atoms in total. The summed E-state index contributed by atoms with van der Waals surface area (Å²) in [5.74, 6) is 1.93. The highest BCUT2D eigenvalue weighted by atomic mass is 32.2. The molecule has 0 aromatic carbocycles. The fraction of sp³-hybridized carbons (Fsp3) is 0.889. The molecule has 1 atom stereocenters. The van der Waals surface area contributed by atoms with E-state index in [9.17, 15) is 4.79 Å². The Hall–Kier alpha value is -0.260. The smallest absolute Gasteiger partial charge is 0.238 e. The minimum Gasteiger partial charge on any atom is -0.355 e. The zero-order valence-corrected chi connectivity index (χ0v) is 9.24. The van der Waals surface area contributed by atoms with Crippen LogP contribution < -0.4 is 16.4 Å². The molecule has 1 unspecified atom stereocenters. The first-order valence-electron chi connectivity index (χ1n) is 5.13. The lowest BCUT2D eigenvalue weighted by Crippen LogP contribution is -2.42. The Bertz CT molecular complexity index is 171. The van der Waals surface area contributed by atoms with Crippen LogP contribution in [0.3, 0.4) is 0 Å². The average Bonchev–Trinajstić information content (AvgIpc) is 2.70. The summed E-state index contributed by atoms with van der Waals surface area (Å²) in [7, 11) is 0. The van der Waals surface area contributed by atoms with Crippen LogP contribution in [0.1, 0.15) is 19.3 Å². The van der Waals surface area contributed by atoms with E-state index in [2.05, 4.69) is 10.6 Å². The first-order chi connectivity index (χ1) is 6.84. The molecule has 1 aliphatic heterocycles. The Morgan fingerprint density at radius 3 is 3.00 bits per heavy atom. The van der Waals surface area contributed by atoms with Gasteiger partial charge in [-0.2, -0.15) is 0 Å². The zero-order valence-electron chi connectivity index (χ0n) is 8.42. The molecule has 4 N–H and O–H groups in total. The van der Waals surface area contributed by atoms with E-state index < -0.39 is 0 Å². The molecule has 0 aromatic heterocycles. The summed E-state index contributed by atoms with van der Waals surface area (Å²) >= 11 is 1.77.